The molecule has 1 aromatic rings. The second-order valence-electron chi connectivity index (χ2n) is 5.67. The highest BCUT2D eigenvalue weighted by atomic mass is 15.1. The van der Waals surface area contributed by atoms with E-state index in [1.807, 2.05) is 0 Å². The standard InChI is InChI=1S/C15H26N4/c1-13(2)14-11-15(18-12-17-14)16-7-10-19-8-5-3-4-6-9-19/h11-13H,3-10H2,1-2H3,(H,16,17,18). The van der Waals surface area contributed by atoms with Crippen LogP contribution in [0, 0.1) is 0 Å². The highest BCUT2D eigenvalue weighted by Crippen LogP contribution is 2.13. The van der Waals surface area contributed by atoms with Gasteiger partial charge in [0.1, 0.15) is 12.1 Å². The Bertz CT molecular complexity index is 370. The molecule has 1 N–H and O–H groups in total. The van der Waals surface area contributed by atoms with Crippen LogP contribution in [-0.2, 0) is 0 Å². The van der Waals surface area contributed by atoms with Gasteiger partial charge in [-0.05, 0) is 31.8 Å². The van der Waals surface area contributed by atoms with E-state index in [0.717, 1.165) is 24.6 Å². The lowest BCUT2D eigenvalue weighted by Crippen LogP contribution is -2.30. The smallest absolute Gasteiger partial charge is 0.129 e. The van der Waals surface area contributed by atoms with Gasteiger partial charge in [-0.2, -0.15) is 0 Å². The van der Waals surface area contributed by atoms with Crippen LogP contribution in [0.2, 0.25) is 0 Å². The molecule has 1 fully saturated rings. The molecule has 1 saturated heterocycles. The first-order valence-electron chi connectivity index (χ1n) is 7.54. The van der Waals surface area contributed by atoms with Gasteiger partial charge in [0.2, 0.25) is 0 Å². The molecule has 0 atom stereocenters. The number of hydrogen-bond acceptors (Lipinski definition) is 4. The molecule has 1 aliphatic heterocycles. The van der Waals surface area contributed by atoms with Crippen LogP contribution in [0.5, 0.6) is 0 Å². The number of hydrogen-bond donors (Lipinski definition) is 1. The second-order valence-corrected chi connectivity index (χ2v) is 5.67. The van der Waals surface area contributed by atoms with Crippen molar-refractivity contribution in [2.45, 2.75) is 45.4 Å². The monoisotopic (exact) mass is 262 g/mol. The average molecular weight is 262 g/mol. The van der Waals surface area contributed by atoms with E-state index in [1.165, 1.54) is 38.8 Å². The molecule has 2 rings (SSSR count). The summed E-state index contributed by atoms with van der Waals surface area (Å²) in [7, 11) is 0. The predicted octanol–water partition coefficient (Wildman–Crippen LogP) is 2.89. The van der Waals surface area contributed by atoms with E-state index in [-0.39, 0.29) is 0 Å². The fourth-order valence-corrected chi connectivity index (χ4v) is 2.49. The molecule has 0 aromatic carbocycles. The zero-order chi connectivity index (χ0) is 13.5. The molecule has 2 heterocycles. The second kappa shape index (κ2) is 7.43. The van der Waals surface area contributed by atoms with Crippen molar-refractivity contribution < 1.29 is 0 Å². The fourth-order valence-electron chi connectivity index (χ4n) is 2.49. The van der Waals surface area contributed by atoms with Crippen LogP contribution in [0.25, 0.3) is 0 Å². The lowest BCUT2D eigenvalue weighted by Gasteiger charge is -2.20. The molecule has 0 amide bonds. The third-order valence-corrected chi connectivity index (χ3v) is 3.71. The summed E-state index contributed by atoms with van der Waals surface area (Å²) in [5.41, 5.74) is 1.10. The van der Waals surface area contributed by atoms with E-state index in [1.54, 1.807) is 6.33 Å². The third-order valence-electron chi connectivity index (χ3n) is 3.71. The van der Waals surface area contributed by atoms with E-state index in [0.29, 0.717) is 5.92 Å². The Labute approximate surface area is 116 Å². The number of likely N-dealkylation sites (tertiary alicyclic amines) is 1. The minimum atomic E-state index is 0.453. The number of nitrogens with zero attached hydrogens (tertiary/aromatic N) is 3. The van der Waals surface area contributed by atoms with Gasteiger partial charge in [0.25, 0.3) is 0 Å². The lowest BCUT2D eigenvalue weighted by molar-refractivity contribution is 0.296. The van der Waals surface area contributed by atoms with Crippen LogP contribution in [0.4, 0.5) is 5.82 Å². The third kappa shape index (κ3) is 4.78. The first kappa shape index (κ1) is 14.3. The summed E-state index contributed by atoms with van der Waals surface area (Å²) in [5.74, 6) is 1.41. The van der Waals surface area contributed by atoms with Gasteiger partial charge >= 0.3 is 0 Å². The maximum atomic E-state index is 4.29. The zero-order valence-corrected chi connectivity index (χ0v) is 12.2. The largest absolute Gasteiger partial charge is 0.369 e. The molecule has 1 aromatic heterocycles. The summed E-state index contributed by atoms with van der Waals surface area (Å²) in [6.45, 7) is 8.90. The van der Waals surface area contributed by atoms with Gasteiger partial charge in [-0.15, -0.1) is 0 Å². The summed E-state index contributed by atoms with van der Waals surface area (Å²) >= 11 is 0. The molecule has 0 aliphatic carbocycles. The van der Waals surface area contributed by atoms with E-state index in [2.05, 4.69) is 40.1 Å². The van der Waals surface area contributed by atoms with Gasteiger partial charge in [-0.3, -0.25) is 0 Å². The van der Waals surface area contributed by atoms with Crippen LogP contribution >= 0.6 is 0 Å². The highest BCUT2D eigenvalue weighted by molar-refractivity contribution is 5.35. The Morgan fingerprint density at radius 3 is 2.58 bits per heavy atom. The molecule has 4 heteroatoms. The molecule has 19 heavy (non-hydrogen) atoms. The molecular weight excluding hydrogens is 236 g/mol. The molecule has 0 unspecified atom stereocenters. The Morgan fingerprint density at radius 1 is 1.16 bits per heavy atom. The molecular formula is C15H26N4. The average Bonchev–Trinajstić information content (AvgIpc) is 2.68. The van der Waals surface area contributed by atoms with Crippen molar-refractivity contribution in [1.29, 1.82) is 0 Å². The van der Waals surface area contributed by atoms with Crippen molar-refractivity contribution in [2.24, 2.45) is 0 Å². The molecule has 1 aliphatic rings. The Morgan fingerprint density at radius 2 is 1.89 bits per heavy atom. The number of aromatic nitrogens is 2. The van der Waals surface area contributed by atoms with Crippen LogP contribution in [0.3, 0.4) is 0 Å². The summed E-state index contributed by atoms with van der Waals surface area (Å²) in [6.07, 6.45) is 7.15. The molecule has 0 radical (unpaired) electrons. The molecule has 0 spiro atoms. The van der Waals surface area contributed by atoms with Crippen molar-refractivity contribution in [2.75, 3.05) is 31.5 Å². The van der Waals surface area contributed by atoms with E-state index >= 15 is 0 Å². The summed E-state index contributed by atoms with van der Waals surface area (Å²) < 4.78 is 0. The maximum Gasteiger partial charge on any atom is 0.129 e. The Kier molecular flexibility index (Phi) is 5.58. The minimum absolute atomic E-state index is 0.453. The van der Waals surface area contributed by atoms with Crippen LogP contribution in [0.15, 0.2) is 12.4 Å². The first-order chi connectivity index (χ1) is 9.25. The normalized spacial score (nSPS) is 17.4. The van der Waals surface area contributed by atoms with Gasteiger partial charge in [0.15, 0.2) is 0 Å². The van der Waals surface area contributed by atoms with Crippen LogP contribution in [0.1, 0.15) is 51.1 Å². The SMILES string of the molecule is CC(C)c1cc(NCCN2CCCCCC2)ncn1. The van der Waals surface area contributed by atoms with Crippen molar-refractivity contribution in [1.82, 2.24) is 14.9 Å². The molecule has 0 saturated carbocycles. The maximum absolute atomic E-state index is 4.29. The number of rotatable bonds is 5. The summed E-state index contributed by atoms with van der Waals surface area (Å²) in [4.78, 5) is 11.1. The van der Waals surface area contributed by atoms with Crippen molar-refractivity contribution in [3.63, 3.8) is 0 Å². The predicted molar refractivity (Wildman–Crippen MR) is 79.5 cm³/mol. The highest BCUT2D eigenvalue weighted by Gasteiger charge is 2.08. The van der Waals surface area contributed by atoms with Crippen molar-refractivity contribution >= 4 is 5.82 Å². The van der Waals surface area contributed by atoms with Crippen molar-refractivity contribution in [3.05, 3.63) is 18.1 Å². The molecule has 4 nitrogen and oxygen atoms in total. The van der Waals surface area contributed by atoms with Gasteiger partial charge in [-0.25, -0.2) is 9.97 Å². The van der Waals surface area contributed by atoms with E-state index in [9.17, 15) is 0 Å². The minimum Gasteiger partial charge on any atom is -0.369 e. The van der Waals surface area contributed by atoms with Crippen molar-refractivity contribution in [3.8, 4) is 0 Å². The molecule has 106 valence electrons. The topological polar surface area (TPSA) is 41.0 Å². The van der Waals surface area contributed by atoms with Crippen LogP contribution < -0.4 is 5.32 Å². The fraction of sp³-hybridized carbons (Fsp3) is 0.733. The van der Waals surface area contributed by atoms with E-state index < -0.39 is 0 Å². The van der Waals surface area contributed by atoms with Gasteiger partial charge in [-0.1, -0.05) is 26.7 Å². The zero-order valence-electron chi connectivity index (χ0n) is 12.2. The van der Waals surface area contributed by atoms with Gasteiger partial charge < -0.3 is 10.2 Å². The quantitative estimate of drug-likeness (QED) is 0.886. The first-order valence-corrected chi connectivity index (χ1v) is 7.54. The summed E-state index contributed by atoms with van der Waals surface area (Å²) in [6, 6.07) is 2.06. The van der Waals surface area contributed by atoms with Gasteiger partial charge in [0, 0.05) is 24.8 Å². The number of nitrogens with one attached hydrogen (secondary N) is 1. The molecule has 0 bridgehead atoms. The van der Waals surface area contributed by atoms with Crippen LogP contribution in [-0.4, -0.2) is 41.0 Å². The lowest BCUT2D eigenvalue weighted by atomic mass is 10.1. The van der Waals surface area contributed by atoms with E-state index in [4.69, 9.17) is 0 Å². The number of anilines is 1. The Balaban J connectivity index is 1.77. The Hall–Kier alpha value is -1.16. The van der Waals surface area contributed by atoms with Gasteiger partial charge in [0.05, 0.1) is 0 Å². The summed E-state index contributed by atoms with van der Waals surface area (Å²) in [5, 5.41) is 3.41.